The van der Waals surface area contributed by atoms with Crippen LogP contribution in [0.3, 0.4) is 0 Å². The number of piperidine rings is 1. The van der Waals surface area contributed by atoms with Crippen molar-refractivity contribution in [2.45, 2.75) is 46.1 Å². The Hall–Kier alpha value is -0.170. The van der Waals surface area contributed by atoms with Gasteiger partial charge in [-0.15, -0.1) is 0 Å². The van der Waals surface area contributed by atoms with E-state index in [1.807, 2.05) is 6.92 Å². The van der Waals surface area contributed by atoms with Crippen LogP contribution in [0.15, 0.2) is 0 Å². The summed E-state index contributed by atoms with van der Waals surface area (Å²) in [6.45, 7) is 7.84. The zero-order valence-electron chi connectivity index (χ0n) is 11.7. The van der Waals surface area contributed by atoms with Gasteiger partial charge in [0.25, 0.3) is 10.2 Å². The maximum atomic E-state index is 12.2. The molecule has 0 aromatic carbocycles. The quantitative estimate of drug-likeness (QED) is 0.758. The fourth-order valence-corrected chi connectivity index (χ4v) is 4.05. The van der Waals surface area contributed by atoms with E-state index < -0.39 is 10.2 Å². The first-order chi connectivity index (χ1) is 8.35. The van der Waals surface area contributed by atoms with E-state index in [-0.39, 0.29) is 6.04 Å². The van der Waals surface area contributed by atoms with Crippen molar-refractivity contribution >= 4 is 10.2 Å². The van der Waals surface area contributed by atoms with Crippen molar-refractivity contribution in [1.82, 2.24) is 9.03 Å². The molecule has 0 saturated carbocycles. The molecule has 2 atom stereocenters. The standard InChI is InChI=1S/C12H27N3O2S/c1-10(2)7-11(3)14-18(16,17)15-6-4-5-12(8-13)9-15/h10-12,14H,4-9,13H2,1-3H3. The minimum atomic E-state index is -3.34. The molecule has 1 aliphatic rings. The van der Waals surface area contributed by atoms with Crippen LogP contribution in [0.5, 0.6) is 0 Å². The van der Waals surface area contributed by atoms with Crippen molar-refractivity contribution in [3.63, 3.8) is 0 Å². The largest absolute Gasteiger partial charge is 0.330 e. The van der Waals surface area contributed by atoms with Crippen molar-refractivity contribution in [2.24, 2.45) is 17.6 Å². The molecule has 0 amide bonds. The number of nitrogens with one attached hydrogen (secondary N) is 1. The number of hydrogen-bond donors (Lipinski definition) is 2. The number of hydrogen-bond acceptors (Lipinski definition) is 3. The molecule has 0 spiro atoms. The topological polar surface area (TPSA) is 75.4 Å². The van der Waals surface area contributed by atoms with Gasteiger partial charge in [0.2, 0.25) is 0 Å². The zero-order valence-corrected chi connectivity index (χ0v) is 12.5. The monoisotopic (exact) mass is 277 g/mol. The Labute approximate surface area is 111 Å². The van der Waals surface area contributed by atoms with Gasteiger partial charge in [-0.2, -0.15) is 17.4 Å². The van der Waals surface area contributed by atoms with Gasteiger partial charge >= 0.3 is 0 Å². The van der Waals surface area contributed by atoms with Crippen molar-refractivity contribution < 1.29 is 8.42 Å². The molecule has 5 nitrogen and oxygen atoms in total. The van der Waals surface area contributed by atoms with E-state index in [4.69, 9.17) is 5.73 Å². The number of nitrogens with two attached hydrogens (primary N) is 1. The molecule has 108 valence electrons. The number of nitrogens with zero attached hydrogens (tertiary/aromatic N) is 1. The van der Waals surface area contributed by atoms with Gasteiger partial charge < -0.3 is 5.73 Å². The van der Waals surface area contributed by atoms with E-state index in [9.17, 15) is 8.42 Å². The maximum absolute atomic E-state index is 12.2. The second-order valence-corrected chi connectivity index (χ2v) is 7.46. The summed E-state index contributed by atoms with van der Waals surface area (Å²) >= 11 is 0. The Bertz CT molecular complexity index is 343. The molecule has 3 N–H and O–H groups in total. The summed E-state index contributed by atoms with van der Waals surface area (Å²) in [6.07, 6.45) is 2.79. The third-order valence-electron chi connectivity index (χ3n) is 3.33. The van der Waals surface area contributed by atoms with Crippen LogP contribution in [0, 0.1) is 11.8 Å². The minimum absolute atomic E-state index is 0.0201. The Kier molecular flexibility index (Phi) is 6.04. The van der Waals surface area contributed by atoms with Crippen LogP contribution in [-0.2, 0) is 10.2 Å². The highest BCUT2D eigenvalue weighted by Gasteiger charge is 2.29. The van der Waals surface area contributed by atoms with Crippen LogP contribution in [-0.4, -0.2) is 38.4 Å². The molecule has 0 aliphatic carbocycles. The Morgan fingerprint density at radius 2 is 2.06 bits per heavy atom. The van der Waals surface area contributed by atoms with E-state index in [1.54, 1.807) is 4.31 Å². The Balaban J connectivity index is 2.57. The number of rotatable bonds is 6. The van der Waals surface area contributed by atoms with Gasteiger partial charge in [0, 0.05) is 19.1 Å². The fourth-order valence-electron chi connectivity index (χ4n) is 2.52. The predicted molar refractivity (Wildman–Crippen MR) is 74.3 cm³/mol. The molecule has 1 saturated heterocycles. The predicted octanol–water partition coefficient (Wildman–Crippen LogP) is 0.926. The van der Waals surface area contributed by atoms with Crippen LogP contribution in [0.25, 0.3) is 0 Å². The lowest BCUT2D eigenvalue weighted by molar-refractivity contribution is 0.266. The zero-order chi connectivity index (χ0) is 13.8. The first-order valence-electron chi connectivity index (χ1n) is 6.82. The van der Waals surface area contributed by atoms with Gasteiger partial charge in [-0.1, -0.05) is 13.8 Å². The van der Waals surface area contributed by atoms with Crippen LogP contribution >= 0.6 is 0 Å². The Morgan fingerprint density at radius 1 is 1.39 bits per heavy atom. The van der Waals surface area contributed by atoms with Crippen LogP contribution in [0.1, 0.15) is 40.0 Å². The molecule has 6 heteroatoms. The van der Waals surface area contributed by atoms with E-state index in [0.29, 0.717) is 31.5 Å². The van der Waals surface area contributed by atoms with Crippen LogP contribution < -0.4 is 10.5 Å². The van der Waals surface area contributed by atoms with E-state index in [1.165, 1.54) is 0 Å². The lowest BCUT2D eigenvalue weighted by Gasteiger charge is -2.32. The third kappa shape index (κ3) is 4.84. The van der Waals surface area contributed by atoms with Crippen molar-refractivity contribution in [3.05, 3.63) is 0 Å². The third-order valence-corrected chi connectivity index (χ3v) is 5.04. The lowest BCUT2D eigenvalue weighted by Crippen LogP contribution is -2.49. The fraction of sp³-hybridized carbons (Fsp3) is 1.00. The summed E-state index contributed by atoms with van der Waals surface area (Å²) in [4.78, 5) is 0. The molecule has 0 aromatic rings. The van der Waals surface area contributed by atoms with Crippen molar-refractivity contribution in [3.8, 4) is 0 Å². The maximum Gasteiger partial charge on any atom is 0.279 e. The van der Waals surface area contributed by atoms with Gasteiger partial charge in [0.05, 0.1) is 0 Å². The smallest absolute Gasteiger partial charge is 0.279 e. The molecule has 0 radical (unpaired) electrons. The van der Waals surface area contributed by atoms with Gasteiger partial charge in [-0.05, 0) is 44.6 Å². The average molecular weight is 277 g/mol. The molecule has 0 bridgehead atoms. The van der Waals surface area contributed by atoms with E-state index in [0.717, 1.165) is 19.3 Å². The van der Waals surface area contributed by atoms with Crippen LogP contribution in [0.2, 0.25) is 0 Å². The summed E-state index contributed by atoms with van der Waals surface area (Å²) in [6, 6.07) is -0.0201. The van der Waals surface area contributed by atoms with E-state index >= 15 is 0 Å². The highest BCUT2D eigenvalue weighted by atomic mass is 32.2. The summed E-state index contributed by atoms with van der Waals surface area (Å²) < 4.78 is 28.7. The Morgan fingerprint density at radius 3 is 2.61 bits per heavy atom. The molecule has 1 aliphatic heterocycles. The lowest BCUT2D eigenvalue weighted by atomic mass is 10.0. The molecule has 1 heterocycles. The molecule has 1 fully saturated rings. The van der Waals surface area contributed by atoms with Gasteiger partial charge in [-0.25, -0.2) is 0 Å². The minimum Gasteiger partial charge on any atom is -0.330 e. The SMILES string of the molecule is CC(C)CC(C)NS(=O)(=O)N1CCCC(CN)C1. The molecule has 0 aromatic heterocycles. The highest BCUT2D eigenvalue weighted by molar-refractivity contribution is 7.87. The van der Waals surface area contributed by atoms with E-state index in [2.05, 4.69) is 18.6 Å². The first kappa shape index (κ1) is 15.9. The molecule has 1 rings (SSSR count). The average Bonchev–Trinajstić information content (AvgIpc) is 2.27. The summed E-state index contributed by atoms with van der Waals surface area (Å²) in [5.41, 5.74) is 5.63. The highest BCUT2D eigenvalue weighted by Crippen LogP contribution is 2.18. The second-order valence-electron chi connectivity index (χ2n) is 5.76. The second kappa shape index (κ2) is 6.84. The van der Waals surface area contributed by atoms with Crippen molar-refractivity contribution in [1.29, 1.82) is 0 Å². The van der Waals surface area contributed by atoms with Crippen molar-refractivity contribution in [2.75, 3.05) is 19.6 Å². The molecular formula is C12H27N3O2S. The molecule has 2 unspecified atom stereocenters. The van der Waals surface area contributed by atoms with Gasteiger partial charge in [-0.3, -0.25) is 0 Å². The summed E-state index contributed by atoms with van der Waals surface area (Å²) in [5, 5.41) is 0. The van der Waals surface area contributed by atoms with Gasteiger partial charge in [0.15, 0.2) is 0 Å². The van der Waals surface area contributed by atoms with Crippen LogP contribution in [0.4, 0.5) is 0 Å². The first-order valence-corrected chi connectivity index (χ1v) is 8.26. The molecule has 18 heavy (non-hydrogen) atoms. The summed E-state index contributed by atoms with van der Waals surface area (Å²) in [5.74, 6) is 0.788. The molecular weight excluding hydrogens is 250 g/mol. The normalized spacial score (nSPS) is 24.4. The summed E-state index contributed by atoms with van der Waals surface area (Å²) in [7, 11) is -3.34. The van der Waals surface area contributed by atoms with Gasteiger partial charge in [0.1, 0.15) is 0 Å².